The van der Waals surface area contributed by atoms with Crippen molar-refractivity contribution in [3.63, 3.8) is 0 Å². The second-order valence-electron chi connectivity index (χ2n) is 5.86. The minimum absolute atomic E-state index is 0.0190. The zero-order valence-electron chi connectivity index (χ0n) is 14.3. The summed E-state index contributed by atoms with van der Waals surface area (Å²) in [5, 5.41) is 7.53. The van der Waals surface area contributed by atoms with Gasteiger partial charge in [0.05, 0.1) is 10.9 Å². The van der Waals surface area contributed by atoms with Gasteiger partial charge in [-0.25, -0.2) is 8.42 Å². The van der Waals surface area contributed by atoms with E-state index in [0.29, 0.717) is 15.0 Å². The molecule has 4 nitrogen and oxygen atoms in total. The molecule has 2 rings (SSSR count). The second kappa shape index (κ2) is 8.17. The fraction of sp³-hybridized carbons (Fsp3) is 0.278. The summed E-state index contributed by atoms with van der Waals surface area (Å²) in [5.41, 5.74) is 2.79. The lowest BCUT2D eigenvalue weighted by molar-refractivity contribution is 0.601. The molecule has 0 heterocycles. The highest BCUT2D eigenvalue weighted by Crippen LogP contribution is 2.22. The number of benzene rings is 2. The van der Waals surface area contributed by atoms with Crippen molar-refractivity contribution in [2.45, 2.75) is 31.2 Å². The Bertz CT molecular complexity index is 865. The summed E-state index contributed by atoms with van der Waals surface area (Å²) in [6.07, 6.45) is 2.00. The fourth-order valence-corrected chi connectivity index (χ4v) is 3.44. The van der Waals surface area contributed by atoms with E-state index in [0.717, 1.165) is 23.2 Å². The molecule has 0 saturated carbocycles. The molecule has 0 saturated heterocycles. The van der Waals surface area contributed by atoms with Crippen LogP contribution < -0.4 is 10.6 Å². The summed E-state index contributed by atoms with van der Waals surface area (Å²) in [6, 6.07) is 12.5. The van der Waals surface area contributed by atoms with Crippen LogP contribution in [-0.4, -0.2) is 19.8 Å². The summed E-state index contributed by atoms with van der Waals surface area (Å²) in [5.74, 6) is 0. The maximum Gasteiger partial charge on any atom is 0.175 e. The van der Waals surface area contributed by atoms with Crippen LogP contribution in [0, 0.1) is 6.92 Å². The van der Waals surface area contributed by atoms with Crippen LogP contribution in [0.3, 0.4) is 0 Å². The Kier molecular flexibility index (Phi) is 6.43. The summed E-state index contributed by atoms with van der Waals surface area (Å²) in [4.78, 5) is 0.307. The van der Waals surface area contributed by atoms with E-state index >= 15 is 0 Å². The molecule has 0 unspecified atom stereocenters. The minimum atomic E-state index is -3.19. The number of aryl methyl sites for hydroxylation is 1. The number of thiocarbonyl (C=S) groups is 1. The van der Waals surface area contributed by atoms with Gasteiger partial charge in [0.15, 0.2) is 14.9 Å². The van der Waals surface area contributed by atoms with Gasteiger partial charge in [0, 0.05) is 17.0 Å². The Balaban J connectivity index is 2.08. The van der Waals surface area contributed by atoms with Crippen LogP contribution in [0.5, 0.6) is 0 Å². The van der Waals surface area contributed by atoms with E-state index in [4.69, 9.17) is 23.8 Å². The molecule has 0 bridgehead atoms. The first kappa shape index (κ1) is 19.7. The zero-order valence-corrected chi connectivity index (χ0v) is 16.7. The SMILES string of the molecule is CC[C@@H](NC(=S)Nc1ccc(C)c(Cl)c1)c1ccc(S(C)(=O)=O)cc1. The van der Waals surface area contributed by atoms with Gasteiger partial charge >= 0.3 is 0 Å². The van der Waals surface area contributed by atoms with Gasteiger partial charge in [0.2, 0.25) is 0 Å². The molecular formula is C18H21ClN2O2S2. The lowest BCUT2D eigenvalue weighted by Crippen LogP contribution is -2.32. The second-order valence-corrected chi connectivity index (χ2v) is 8.70. The lowest BCUT2D eigenvalue weighted by atomic mass is 10.1. The van der Waals surface area contributed by atoms with Crippen molar-refractivity contribution < 1.29 is 8.42 Å². The normalized spacial score (nSPS) is 12.5. The third-order valence-electron chi connectivity index (χ3n) is 3.85. The highest BCUT2D eigenvalue weighted by atomic mass is 35.5. The molecule has 25 heavy (non-hydrogen) atoms. The van der Waals surface area contributed by atoms with Crippen molar-refractivity contribution in [3.8, 4) is 0 Å². The molecule has 0 aliphatic carbocycles. The summed E-state index contributed by atoms with van der Waals surface area (Å²) >= 11 is 11.5. The smallest absolute Gasteiger partial charge is 0.175 e. The van der Waals surface area contributed by atoms with Crippen molar-refractivity contribution in [1.82, 2.24) is 5.32 Å². The summed E-state index contributed by atoms with van der Waals surface area (Å²) in [7, 11) is -3.19. The van der Waals surface area contributed by atoms with Crippen LogP contribution in [0.4, 0.5) is 5.69 Å². The number of sulfone groups is 1. The fourth-order valence-electron chi connectivity index (χ4n) is 2.36. The third-order valence-corrected chi connectivity index (χ3v) is 5.61. The predicted molar refractivity (Wildman–Crippen MR) is 108 cm³/mol. The maximum atomic E-state index is 11.6. The average molecular weight is 397 g/mol. The van der Waals surface area contributed by atoms with Crippen molar-refractivity contribution in [3.05, 3.63) is 58.6 Å². The van der Waals surface area contributed by atoms with Gasteiger partial charge in [0.25, 0.3) is 0 Å². The average Bonchev–Trinajstić information content (AvgIpc) is 2.55. The quantitative estimate of drug-likeness (QED) is 0.729. The van der Waals surface area contributed by atoms with Crippen LogP contribution in [0.15, 0.2) is 47.4 Å². The van der Waals surface area contributed by atoms with Gasteiger partial charge in [-0.2, -0.15) is 0 Å². The Morgan fingerprint density at radius 2 is 1.84 bits per heavy atom. The number of halogens is 1. The zero-order chi connectivity index (χ0) is 18.6. The van der Waals surface area contributed by atoms with Crippen LogP contribution in [0.2, 0.25) is 5.02 Å². The molecule has 0 spiro atoms. The molecule has 2 N–H and O–H groups in total. The minimum Gasteiger partial charge on any atom is -0.356 e. The van der Waals surface area contributed by atoms with E-state index < -0.39 is 9.84 Å². The van der Waals surface area contributed by atoms with Gasteiger partial charge < -0.3 is 10.6 Å². The van der Waals surface area contributed by atoms with E-state index in [-0.39, 0.29) is 6.04 Å². The van der Waals surface area contributed by atoms with Gasteiger partial charge in [-0.05, 0) is 61.0 Å². The van der Waals surface area contributed by atoms with E-state index in [2.05, 4.69) is 10.6 Å². The molecule has 7 heteroatoms. The van der Waals surface area contributed by atoms with Crippen LogP contribution in [-0.2, 0) is 9.84 Å². The van der Waals surface area contributed by atoms with E-state index in [1.165, 1.54) is 6.26 Å². The highest BCUT2D eigenvalue weighted by Gasteiger charge is 2.13. The molecule has 0 aromatic heterocycles. The molecule has 0 radical (unpaired) electrons. The monoisotopic (exact) mass is 396 g/mol. The Morgan fingerprint density at radius 1 is 1.20 bits per heavy atom. The molecule has 0 fully saturated rings. The Hall–Kier alpha value is -1.63. The van der Waals surface area contributed by atoms with Crippen molar-refractivity contribution in [2.24, 2.45) is 0 Å². The lowest BCUT2D eigenvalue weighted by Gasteiger charge is -2.20. The largest absolute Gasteiger partial charge is 0.356 e. The number of anilines is 1. The van der Waals surface area contributed by atoms with Gasteiger partial charge in [-0.15, -0.1) is 0 Å². The van der Waals surface area contributed by atoms with Gasteiger partial charge in [-0.1, -0.05) is 36.7 Å². The molecule has 1 atom stereocenters. The van der Waals surface area contributed by atoms with Crippen LogP contribution in [0.1, 0.15) is 30.5 Å². The van der Waals surface area contributed by atoms with Gasteiger partial charge in [0.1, 0.15) is 0 Å². The number of nitrogens with one attached hydrogen (secondary N) is 2. The molecule has 2 aromatic carbocycles. The van der Waals surface area contributed by atoms with E-state index in [9.17, 15) is 8.42 Å². The first-order valence-electron chi connectivity index (χ1n) is 7.84. The molecule has 2 aromatic rings. The standard InChI is InChI=1S/C18H21ClN2O2S2/c1-4-17(13-6-9-15(10-7-13)25(3,22)23)21-18(24)20-14-8-5-12(2)16(19)11-14/h5-11,17H,4H2,1-3H3,(H2,20,21,24)/t17-/m1/s1. The molecule has 0 amide bonds. The van der Waals surface area contributed by atoms with Crippen molar-refractivity contribution >= 4 is 44.5 Å². The molecule has 134 valence electrons. The first-order chi connectivity index (χ1) is 11.7. The molecule has 0 aliphatic heterocycles. The van der Waals surface area contributed by atoms with Crippen molar-refractivity contribution in [2.75, 3.05) is 11.6 Å². The van der Waals surface area contributed by atoms with E-state index in [1.807, 2.05) is 44.2 Å². The number of rotatable bonds is 5. The maximum absolute atomic E-state index is 11.6. The number of hydrogen-bond donors (Lipinski definition) is 2. The third kappa shape index (κ3) is 5.42. The molecule has 0 aliphatic rings. The summed E-state index contributed by atoms with van der Waals surface area (Å²) in [6.45, 7) is 3.98. The molecular weight excluding hydrogens is 376 g/mol. The number of hydrogen-bond acceptors (Lipinski definition) is 3. The van der Waals surface area contributed by atoms with Crippen LogP contribution in [0.25, 0.3) is 0 Å². The highest BCUT2D eigenvalue weighted by molar-refractivity contribution is 7.90. The van der Waals surface area contributed by atoms with Crippen molar-refractivity contribution in [1.29, 1.82) is 0 Å². The Morgan fingerprint density at radius 3 is 2.36 bits per heavy atom. The first-order valence-corrected chi connectivity index (χ1v) is 10.5. The predicted octanol–water partition coefficient (Wildman–Crippen LogP) is 4.49. The van der Waals surface area contributed by atoms with E-state index in [1.54, 1.807) is 12.1 Å². The Labute approximate surface area is 159 Å². The van der Waals surface area contributed by atoms with Gasteiger partial charge in [-0.3, -0.25) is 0 Å². The van der Waals surface area contributed by atoms with Crippen LogP contribution >= 0.6 is 23.8 Å². The topological polar surface area (TPSA) is 58.2 Å². The summed E-state index contributed by atoms with van der Waals surface area (Å²) < 4.78 is 23.1.